The molecular formula is C27H34O15. The highest BCUT2D eigenvalue weighted by atomic mass is 16.8. The zero-order chi connectivity index (χ0) is 30.9. The fourth-order valence-electron chi connectivity index (χ4n) is 5.47. The van der Waals surface area contributed by atoms with E-state index in [1.807, 2.05) is 0 Å². The number of carboxylic acid groups (broad SMARTS) is 1. The van der Waals surface area contributed by atoms with E-state index in [0.717, 1.165) is 12.3 Å². The van der Waals surface area contributed by atoms with Crippen molar-refractivity contribution in [3.05, 3.63) is 35.6 Å². The van der Waals surface area contributed by atoms with E-state index in [9.17, 15) is 45.3 Å². The van der Waals surface area contributed by atoms with Crippen LogP contribution < -0.4 is 9.47 Å². The number of carbonyl (C=O) groups is 2. The molecule has 232 valence electrons. The largest absolute Gasteiger partial charge is 0.502 e. The standard InChI is InChI=1S/C27H34O15/c1-27(36)8-13(28)18-12(24(34)35)9-40-25(19(18)27)42-26-23(33)22(32)21(31)16(41-26)10-39-17(29)5-4-11-6-14(37-2)20(30)15(7-11)38-3/h4-7,9,13,16,18-19,21-23,25-26,28,30-33,36H,8,10H2,1-3H3,(H,34,35)/t13-,16-,18+,19-,21-,22+,23-,25+,26-,27-/m1/s1. The number of phenolic OH excluding ortho intramolecular Hbond substituents is 1. The minimum Gasteiger partial charge on any atom is -0.502 e. The third-order valence-electron chi connectivity index (χ3n) is 7.61. The van der Waals surface area contributed by atoms with Gasteiger partial charge < -0.3 is 64.2 Å². The maximum Gasteiger partial charge on any atom is 0.335 e. The van der Waals surface area contributed by atoms with Crippen LogP contribution in [0.1, 0.15) is 18.9 Å². The van der Waals surface area contributed by atoms with Crippen molar-refractivity contribution in [1.29, 1.82) is 0 Å². The minimum atomic E-state index is -1.81. The van der Waals surface area contributed by atoms with E-state index in [-0.39, 0.29) is 29.2 Å². The van der Waals surface area contributed by atoms with Crippen LogP contribution in [0.3, 0.4) is 0 Å². The molecule has 15 nitrogen and oxygen atoms in total. The number of carboxylic acids is 1. The Bertz CT molecular complexity index is 1200. The molecule has 42 heavy (non-hydrogen) atoms. The number of carbonyl (C=O) groups excluding carboxylic acids is 1. The van der Waals surface area contributed by atoms with Crippen LogP contribution in [0, 0.1) is 11.8 Å². The average Bonchev–Trinajstić information content (AvgIpc) is 3.20. The Morgan fingerprint density at radius 3 is 2.29 bits per heavy atom. The highest BCUT2D eigenvalue weighted by molar-refractivity contribution is 5.88. The average molecular weight is 599 g/mol. The van der Waals surface area contributed by atoms with Crippen LogP contribution in [-0.4, -0.2) is 117 Å². The maximum absolute atomic E-state index is 12.4. The molecule has 1 aliphatic carbocycles. The number of hydrogen-bond donors (Lipinski definition) is 7. The van der Waals surface area contributed by atoms with E-state index in [4.69, 9.17) is 28.4 Å². The molecule has 0 bridgehead atoms. The Hall–Kier alpha value is -3.44. The van der Waals surface area contributed by atoms with Gasteiger partial charge in [-0.05, 0) is 30.7 Å². The number of esters is 1. The van der Waals surface area contributed by atoms with Crippen molar-refractivity contribution in [2.24, 2.45) is 11.8 Å². The second-order valence-electron chi connectivity index (χ2n) is 10.5. The third kappa shape index (κ3) is 6.17. The van der Waals surface area contributed by atoms with E-state index in [1.165, 1.54) is 39.4 Å². The van der Waals surface area contributed by atoms with Crippen molar-refractivity contribution in [3.63, 3.8) is 0 Å². The summed E-state index contributed by atoms with van der Waals surface area (Å²) >= 11 is 0. The van der Waals surface area contributed by atoms with Crippen LogP contribution in [0.25, 0.3) is 6.08 Å². The van der Waals surface area contributed by atoms with Gasteiger partial charge in [0.05, 0.1) is 43.7 Å². The summed E-state index contributed by atoms with van der Waals surface area (Å²) < 4.78 is 32.0. The van der Waals surface area contributed by atoms with Gasteiger partial charge in [0.15, 0.2) is 17.8 Å². The van der Waals surface area contributed by atoms with Crippen molar-refractivity contribution in [1.82, 2.24) is 0 Å². The lowest BCUT2D eigenvalue weighted by molar-refractivity contribution is -0.346. The second kappa shape index (κ2) is 12.4. The zero-order valence-electron chi connectivity index (χ0n) is 22.9. The SMILES string of the molecule is COc1cc(C=CC(=O)OC[C@H]2O[C@H](O[C@@H]3OC=C(C(=O)O)[C@@H]4[C@H]3[C@](C)(O)C[C@H]4O)[C@H](O)[C@@H](O)[C@@H]2O)cc(OC)c1O. The summed E-state index contributed by atoms with van der Waals surface area (Å²) in [7, 11) is 2.69. The van der Waals surface area contributed by atoms with Gasteiger partial charge in [0.25, 0.3) is 0 Å². The Kier molecular flexibility index (Phi) is 9.32. The monoisotopic (exact) mass is 598 g/mol. The van der Waals surface area contributed by atoms with Crippen LogP contribution in [-0.2, 0) is 28.5 Å². The quantitative estimate of drug-likeness (QED) is 0.132. The summed E-state index contributed by atoms with van der Waals surface area (Å²) in [6.07, 6.45) is -7.90. The number of aromatic hydroxyl groups is 1. The molecule has 15 heteroatoms. The Balaban J connectivity index is 1.43. The minimum absolute atomic E-state index is 0.108. The number of hydrogen-bond acceptors (Lipinski definition) is 14. The molecule has 2 heterocycles. The number of aliphatic carboxylic acids is 1. The van der Waals surface area contributed by atoms with Crippen molar-refractivity contribution >= 4 is 18.0 Å². The summed E-state index contributed by atoms with van der Waals surface area (Å²) in [5.41, 5.74) is -1.47. The molecule has 3 aliphatic rings. The lowest BCUT2D eigenvalue weighted by Crippen LogP contribution is -2.61. The van der Waals surface area contributed by atoms with E-state index in [0.29, 0.717) is 5.56 Å². The number of fused-ring (bicyclic) bond motifs is 1. The first-order chi connectivity index (χ1) is 19.8. The summed E-state index contributed by atoms with van der Waals surface area (Å²) in [6.45, 7) is 0.801. The van der Waals surface area contributed by atoms with E-state index in [2.05, 4.69) is 0 Å². The first kappa shape index (κ1) is 31.5. The number of phenols is 1. The van der Waals surface area contributed by atoms with Gasteiger partial charge in [-0.25, -0.2) is 9.59 Å². The lowest BCUT2D eigenvalue weighted by Gasteiger charge is -2.44. The van der Waals surface area contributed by atoms with Crippen LogP contribution in [0.2, 0.25) is 0 Å². The predicted molar refractivity (Wildman–Crippen MR) is 138 cm³/mol. The Morgan fingerprint density at radius 1 is 1.05 bits per heavy atom. The molecule has 1 saturated heterocycles. The molecule has 4 rings (SSSR count). The van der Waals surface area contributed by atoms with Gasteiger partial charge in [-0.2, -0.15) is 0 Å². The normalized spacial score (nSPS) is 36.1. The zero-order valence-corrected chi connectivity index (χ0v) is 22.9. The predicted octanol–water partition coefficient (Wildman–Crippen LogP) is -1.14. The number of aliphatic hydroxyl groups excluding tert-OH is 4. The fraction of sp³-hybridized carbons (Fsp3) is 0.556. The molecule has 1 saturated carbocycles. The fourth-order valence-corrected chi connectivity index (χ4v) is 5.47. The molecule has 0 amide bonds. The summed E-state index contributed by atoms with van der Waals surface area (Å²) in [4.78, 5) is 24.0. The molecule has 0 radical (unpaired) electrons. The van der Waals surface area contributed by atoms with E-state index >= 15 is 0 Å². The summed E-state index contributed by atoms with van der Waals surface area (Å²) in [6, 6.07) is 2.89. The highest BCUT2D eigenvalue weighted by Gasteiger charge is 2.59. The van der Waals surface area contributed by atoms with Crippen LogP contribution in [0.15, 0.2) is 30.0 Å². The van der Waals surface area contributed by atoms with Crippen molar-refractivity contribution < 1.29 is 73.8 Å². The number of methoxy groups -OCH3 is 2. The second-order valence-corrected chi connectivity index (χ2v) is 10.5. The summed E-state index contributed by atoms with van der Waals surface area (Å²) in [5.74, 6) is -4.39. The first-order valence-electron chi connectivity index (χ1n) is 12.9. The number of aliphatic hydroxyl groups is 5. The Labute approximate surface area is 239 Å². The molecule has 0 unspecified atom stereocenters. The van der Waals surface area contributed by atoms with Crippen molar-refractivity contribution in [3.8, 4) is 17.2 Å². The molecule has 1 aromatic rings. The molecular weight excluding hydrogens is 564 g/mol. The van der Waals surface area contributed by atoms with Gasteiger partial charge in [-0.1, -0.05) is 0 Å². The summed E-state index contributed by atoms with van der Waals surface area (Å²) in [5, 5.41) is 72.3. The topological polar surface area (TPSA) is 231 Å². The smallest absolute Gasteiger partial charge is 0.335 e. The van der Waals surface area contributed by atoms with Crippen molar-refractivity contribution in [2.45, 2.75) is 62.0 Å². The lowest BCUT2D eigenvalue weighted by atomic mass is 9.81. The van der Waals surface area contributed by atoms with Gasteiger partial charge >= 0.3 is 11.9 Å². The Morgan fingerprint density at radius 2 is 1.69 bits per heavy atom. The molecule has 7 N–H and O–H groups in total. The molecule has 2 aliphatic heterocycles. The van der Waals surface area contributed by atoms with Gasteiger partial charge in [-0.3, -0.25) is 0 Å². The third-order valence-corrected chi connectivity index (χ3v) is 7.61. The number of ether oxygens (including phenoxy) is 6. The van der Waals surface area contributed by atoms with Crippen LogP contribution in [0.4, 0.5) is 0 Å². The molecule has 2 fully saturated rings. The number of benzene rings is 1. The first-order valence-corrected chi connectivity index (χ1v) is 12.9. The van der Waals surface area contributed by atoms with Crippen LogP contribution in [0.5, 0.6) is 17.2 Å². The van der Waals surface area contributed by atoms with Gasteiger partial charge in [0.2, 0.25) is 12.0 Å². The maximum atomic E-state index is 12.4. The highest BCUT2D eigenvalue weighted by Crippen LogP contribution is 2.49. The molecule has 0 spiro atoms. The van der Waals surface area contributed by atoms with Crippen molar-refractivity contribution in [2.75, 3.05) is 20.8 Å². The van der Waals surface area contributed by atoms with Gasteiger partial charge in [-0.15, -0.1) is 0 Å². The molecule has 1 aromatic carbocycles. The molecule has 0 aromatic heterocycles. The number of rotatable bonds is 9. The van der Waals surface area contributed by atoms with Gasteiger partial charge in [0.1, 0.15) is 31.0 Å². The van der Waals surface area contributed by atoms with Crippen LogP contribution >= 0.6 is 0 Å². The van der Waals surface area contributed by atoms with E-state index < -0.39 is 79.1 Å². The van der Waals surface area contributed by atoms with Gasteiger partial charge in [0, 0.05) is 18.4 Å². The molecule has 10 atom stereocenters. The van der Waals surface area contributed by atoms with E-state index in [1.54, 1.807) is 0 Å².